The molecule has 0 radical (unpaired) electrons. The van der Waals surface area contributed by atoms with Crippen LogP contribution >= 0.6 is 15.9 Å². The van der Waals surface area contributed by atoms with Crippen molar-refractivity contribution in [1.82, 2.24) is 9.47 Å². The van der Waals surface area contributed by atoms with Crippen LogP contribution in [0.15, 0.2) is 59.2 Å². The third-order valence-corrected chi connectivity index (χ3v) is 5.36. The topological polar surface area (TPSA) is 25.2 Å². The molecule has 2 heterocycles. The first-order valence-corrected chi connectivity index (χ1v) is 9.01. The lowest BCUT2D eigenvalue weighted by Crippen LogP contribution is -2.13. The molecule has 4 heteroatoms. The second-order valence-corrected chi connectivity index (χ2v) is 7.45. The SMILES string of the molecule is CN1CCC(c2cn(C(=O)c3ccccc3)c3ccc(Br)cc23)C1. The van der Waals surface area contributed by atoms with E-state index in [0.717, 1.165) is 29.5 Å². The van der Waals surface area contributed by atoms with E-state index in [2.05, 4.69) is 40.1 Å². The first kappa shape index (κ1) is 15.6. The van der Waals surface area contributed by atoms with E-state index in [1.807, 2.05) is 47.0 Å². The summed E-state index contributed by atoms with van der Waals surface area (Å²) in [6, 6.07) is 15.7. The van der Waals surface area contributed by atoms with E-state index in [0.29, 0.717) is 11.5 Å². The van der Waals surface area contributed by atoms with E-state index in [4.69, 9.17) is 0 Å². The van der Waals surface area contributed by atoms with Crippen LogP contribution in [0.2, 0.25) is 0 Å². The van der Waals surface area contributed by atoms with Crippen LogP contribution in [-0.2, 0) is 0 Å². The Labute approximate surface area is 150 Å². The molecule has 1 aliphatic rings. The molecule has 1 fully saturated rings. The molecule has 1 unspecified atom stereocenters. The van der Waals surface area contributed by atoms with Gasteiger partial charge in [0.2, 0.25) is 0 Å². The summed E-state index contributed by atoms with van der Waals surface area (Å²) in [7, 11) is 2.16. The van der Waals surface area contributed by atoms with Gasteiger partial charge in [0.1, 0.15) is 0 Å². The number of nitrogens with zero attached hydrogens (tertiary/aromatic N) is 2. The summed E-state index contributed by atoms with van der Waals surface area (Å²) in [6.07, 6.45) is 3.19. The van der Waals surface area contributed by atoms with Crippen molar-refractivity contribution in [3.05, 3.63) is 70.3 Å². The molecule has 4 rings (SSSR count). The van der Waals surface area contributed by atoms with E-state index in [1.54, 1.807) is 0 Å². The standard InChI is InChI=1S/C20H19BrN2O/c1-22-10-9-15(12-22)18-13-23(19-8-7-16(21)11-17(18)19)20(24)14-5-3-2-4-6-14/h2-8,11,13,15H,9-10,12H2,1H3. The van der Waals surface area contributed by atoms with Crippen molar-refractivity contribution in [3.63, 3.8) is 0 Å². The monoisotopic (exact) mass is 382 g/mol. The predicted molar refractivity (Wildman–Crippen MR) is 101 cm³/mol. The van der Waals surface area contributed by atoms with Gasteiger partial charge in [0.15, 0.2) is 0 Å². The summed E-state index contributed by atoms with van der Waals surface area (Å²) in [5, 5.41) is 1.17. The van der Waals surface area contributed by atoms with Gasteiger partial charge in [-0.1, -0.05) is 34.1 Å². The van der Waals surface area contributed by atoms with E-state index in [-0.39, 0.29) is 5.91 Å². The van der Waals surface area contributed by atoms with Gasteiger partial charge in [0, 0.05) is 28.2 Å². The fourth-order valence-corrected chi connectivity index (χ4v) is 3.99. The minimum Gasteiger partial charge on any atom is -0.306 e. The summed E-state index contributed by atoms with van der Waals surface area (Å²) in [5.74, 6) is 0.511. The quantitative estimate of drug-likeness (QED) is 0.651. The number of hydrogen-bond acceptors (Lipinski definition) is 2. The molecule has 122 valence electrons. The second kappa shape index (κ2) is 6.19. The predicted octanol–water partition coefficient (Wildman–Crippen LogP) is 4.51. The fraction of sp³-hybridized carbons (Fsp3) is 0.250. The largest absolute Gasteiger partial charge is 0.306 e. The molecule has 3 aromatic rings. The Morgan fingerprint density at radius 3 is 2.67 bits per heavy atom. The highest BCUT2D eigenvalue weighted by Gasteiger charge is 2.26. The van der Waals surface area contributed by atoms with Crippen LogP contribution < -0.4 is 0 Å². The Kier molecular flexibility index (Phi) is 4.02. The van der Waals surface area contributed by atoms with Gasteiger partial charge in [0.25, 0.3) is 5.91 Å². The van der Waals surface area contributed by atoms with E-state index >= 15 is 0 Å². The maximum atomic E-state index is 13.0. The third kappa shape index (κ3) is 2.70. The number of hydrogen-bond donors (Lipinski definition) is 0. The number of carbonyl (C=O) groups excluding carboxylic acids is 1. The number of halogens is 1. The molecule has 1 saturated heterocycles. The van der Waals surface area contributed by atoms with E-state index in [1.165, 1.54) is 10.9 Å². The number of carbonyl (C=O) groups is 1. The minimum atomic E-state index is 0.0283. The van der Waals surface area contributed by atoms with Crippen LogP contribution in [0.25, 0.3) is 10.9 Å². The average molecular weight is 383 g/mol. The Bertz CT molecular complexity index is 901. The summed E-state index contributed by atoms with van der Waals surface area (Å²) in [4.78, 5) is 15.3. The molecule has 0 N–H and O–H groups in total. The van der Waals surface area contributed by atoms with Crippen LogP contribution in [0, 0.1) is 0 Å². The highest BCUT2D eigenvalue weighted by atomic mass is 79.9. The zero-order valence-electron chi connectivity index (χ0n) is 13.6. The minimum absolute atomic E-state index is 0.0283. The lowest BCUT2D eigenvalue weighted by Gasteiger charge is -2.09. The van der Waals surface area contributed by atoms with Gasteiger partial charge < -0.3 is 4.90 Å². The van der Waals surface area contributed by atoms with Crippen molar-refractivity contribution >= 4 is 32.7 Å². The van der Waals surface area contributed by atoms with E-state index in [9.17, 15) is 4.79 Å². The van der Waals surface area contributed by atoms with Gasteiger partial charge in [-0.3, -0.25) is 9.36 Å². The molecule has 0 bridgehead atoms. The normalized spacial score (nSPS) is 18.3. The van der Waals surface area contributed by atoms with Crippen molar-refractivity contribution in [1.29, 1.82) is 0 Å². The van der Waals surface area contributed by atoms with Crippen LogP contribution in [0.4, 0.5) is 0 Å². The molecule has 0 spiro atoms. The molecule has 1 aliphatic heterocycles. The van der Waals surface area contributed by atoms with E-state index < -0.39 is 0 Å². The van der Waals surface area contributed by atoms with Crippen LogP contribution in [0.5, 0.6) is 0 Å². The summed E-state index contributed by atoms with van der Waals surface area (Å²) in [6.45, 7) is 2.16. The Morgan fingerprint density at radius 1 is 1.17 bits per heavy atom. The fourth-order valence-electron chi connectivity index (χ4n) is 3.63. The maximum Gasteiger partial charge on any atom is 0.262 e. The molecular formula is C20H19BrN2O. The smallest absolute Gasteiger partial charge is 0.262 e. The average Bonchev–Trinajstić information content (AvgIpc) is 3.18. The van der Waals surface area contributed by atoms with Crippen LogP contribution in [0.3, 0.4) is 0 Å². The Hall–Kier alpha value is -1.91. The first-order valence-electron chi connectivity index (χ1n) is 8.22. The van der Waals surface area contributed by atoms with Crippen molar-refractivity contribution in [2.75, 3.05) is 20.1 Å². The molecule has 1 aromatic heterocycles. The lowest BCUT2D eigenvalue weighted by atomic mass is 9.98. The first-order chi connectivity index (χ1) is 11.6. The van der Waals surface area contributed by atoms with Crippen molar-refractivity contribution in [2.45, 2.75) is 12.3 Å². The second-order valence-electron chi connectivity index (χ2n) is 6.53. The van der Waals surface area contributed by atoms with Gasteiger partial charge in [-0.05, 0) is 61.8 Å². The van der Waals surface area contributed by atoms with Crippen molar-refractivity contribution in [2.24, 2.45) is 0 Å². The highest BCUT2D eigenvalue weighted by Crippen LogP contribution is 2.35. The number of benzene rings is 2. The van der Waals surface area contributed by atoms with Crippen molar-refractivity contribution < 1.29 is 4.79 Å². The molecule has 1 atom stereocenters. The van der Waals surface area contributed by atoms with Gasteiger partial charge >= 0.3 is 0 Å². The van der Waals surface area contributed by atoms with Gasteiger partial charge in [-0.25, -0.2) is 0 Å². The van der Waals surface area contributed by atoms with Crippen molar-refractivity contribution in [3.8, 4) is 0 Å². The van der Waals surface area contributed by atoms with Crippen LogP contribution in [0.1, 0.15) is 28.3 Å². The Balaban J connectivity index is 1.86. The molecule has 24 heavy (non-hydrogen) atoms. The van der Waals surface area contributed by atoms with Gasteiger partial charge in [-0.15, -0.1) is 0 Å². The Morgan fingerprint density at radius 2 is 1.96 bits per heavy atom. The number of likely N-dealkylation sites (tertiary alicyclic amines) is 1. The third-order valence-electron chi connectivity index (χ3n) is 4.87. The number of aromatic nitrogens is 1. The highest BCUT2D eigenvalue weighted by molar-refractivity contribution is 9.10. The summed E-state index contributed by atoms with van der Waals surface area (Å²) < 4.78 is 2.86. The zero-order valence-corrected chi connectivity index (χ0v) is 15.2. The van der Waals surface area contributed by atoms with Gasteiger partial charge in [0.05, 0.1) is 5.52 Å². The maximum absolute atomic E-state index is 13.0. The lowest BCUT2D eigenvalue weighted by molar-refractivity contribution is 0.0965. The number of rotatable bonds is 2. The molecule has 0 aliphatic carbocycles. The summed E-state index contributed by atoms with van der Waals surface area (Å²) in [5.41, 5.74) is 2.98. The summed E-state index contributed by atoms with van der Waals surface area (Å²) >= 11 is 3.57. The molecule has 0 amide bonds. The van der Waals surface area contributed by atoms with Gasteiger partial charge in [-0.2, -0.15) is 0 Å². The number of likely N-dealkylation sites (N-methyl/N-ethyl adjacent to an activating group) is 1. The van der Waals surface area contributed by atoms with Crippen LogP contribution in [-0.4, -0.2) is 35.5 Å². The molecule has 0 saturated carbocycles. The molecule has 2 aromatic carbocycles. The molecule has 3 nitrogen and oxygen atoms in total. The number of fused-ring (bicyclic) bond motifs is 1. The zero-order chi connectivity index (χ0) is 16.7. The molecular weight excluding hydrogens is 364 g/mol.